The van der Waals surface area contributed by atoms with Crippen LogP contribution in [0.2, 0.25) is 0 Å². The number of azide groups is 1. The lowest BCUT2D eigenvalue weighted by atomic mass is 10.5. The van der Waals surface area contributed by atoms with Gasteiger partial charge < -0.3 is 23.7 Å². The van der Waals surface area contributed by atoms with Crippen LogP contribution in [0.1, 0.15) is 6.42 Å². The van der Waals surface area contributed by atoms with Gasteiger partial charge in [-0.05, 0) is 5.53 Å². The van der Waals surface area contributed by atoms with Crippen molar-refractivity contribution in [3.05, 3.63) is 10.4 Å². The normalized spacial score (nSPS) is 10.1. The second-order valence-electron chi connectivity index (χ2n) is 3.36. The zero-order valence-corrected chi connectivity index (χ0v) is 11.0. The molecule has 0 fully saturated rings. The molecule has 0 aliphatic heterocycles. The zero-order chi connectivity index (χ0) is 14.0. The maximum absolute atomic E-state index is 9.98. The van der Waals surface area contributed by atoms with Crippen LogP contribution in [-0.2, 0) is 23.7 Å². The van der Waals surface area contributed by atoms with Gasteiger partial charge in [0.15, 0.2) is 0 Å². The summed E-state index contributed by atoms with van der Waals surface area (Å²) in [7, 11) is 0. The van der Waals surface area contributed by atoms with Crippen LogP contribution in [0.4, 0.5) is 0 Å². The Balaban J connectivity index is 2.95. The molecule has 0 aliphatic carbocycles. The first kappa shape index (κ1) is 17.8. The number of ether oxygens (including phenoxy) is 4. The van der Waals surface area contributed by atoms with E-state index in [2.05, 4.69) is 10.0 Å². The first-order chi connectivity index (χ1) is 9.41. The third-order valence-electron chi connectivity index (χ3n) is 1.89. The van der Waals surface area contributed by atoms with Crippen LogP contribution in [0.5, 0.6) is 0 Å². The van der Waals surface area contributed by atoms with Crippen LogP contribution < -0.4 is 0 Å². The van der Waals surface area contributed by atoms with E-state index < -0.39 is 0 Å². The molecule has 0 aromatic rings. The molecule has 0 aromatic carbocycles. The minimum atomic E-state index is 0.337. The topological polar surface area (TPSA) is 103 Å². The Labute approximate surface area is 112 Å². The number of carbonyl (C=O) groups excluding carboxylic acids is 1. The molecule has 0 amide bonds. The van der Waals surface area contributed by atoms with Gasteiger partial charge in [0.25, 0.3) is 0 Å². The summed E-state index contributed by atoms with van der Waals surface area (Å²) < 4.78 is 20.7. The van der Waals surface area contributed by atoms with Crippen LogP contribution in [-0.4, -0.2) is 65.7 Å². The summed E-state index contributed by atoms with van der Waals surface area (Å²) in [4.78, 5) is 12.6. The van der Waals surface area contributed by atoms with Crippen LogP contribution >= 0.6 is 0 Å². The van der Waals surface area contributed by atoms with Gasteiger partial charge in [0.2, 0.25) is 0 Å². The monoisotopic (exact) mass is 275 g/mol. The van der Waals surface area contributed by atoms with E-state index in [1.54, 1.807) is 0 Å². The van der Waals surface area contributed by atoms with Gasteiger partial charge in [0.05, 0.1) is 52.9 Å². The molecule has 19 heavy (non-hydrogen) atoms. The van der Waals surface area contributed by atoms with E-state index in [0.29, 0.717) is 65.8 Å². The fourth-order valence-corrected chi connectivity index (χ4v) is 1.04. The molecule has 8 nitrogen and oxygen atoms in total. The number of nitrogens with zero attached hydrogens (tertiary/aromatic N) is 3. The van der Waals surface area contributed by atoms with E-state index in [0.717, 1.165) is 6.29 Å². The molecule has 8 heteroatoms. The molecule has 0 radical (unpaired) electrons. The molecule has 0 heterocycles. The molecule has 0 rings (SSSR count). The van der Waals surface area contributed by atoms with Crippen molar-refractivity contribution < 1.29 is 23.7 Å². The molecule has 0 atom stereocenters. The van der Waals surface area contributed by atoms with Gasteiger partial charge in [-0.25, -0.2) is 0 Å². The van der Waals surface area contributed by atoms with E-state index in [1.807, 2.05) is 0 Å². The molecule has 0 aromatic heterocycles. The van der Waals surface area contributed by atoms with Crippen LogP contribution in [0, 0.1) is 0 Å². The Morgan fingerprint density at radius 1 is 0.842 bits per heavy atom. The van der Waals surface area contributed by atoms with Crippen molar-refractivity contribution in [3.63, 3.8) is 0 Å². The van der Waals surface area contributed by atoms with Gasteiger partial charge in [-0.3, -0.25) is 0 Å². The first-order valence-electron chi connectivity index (χ1n) is 6.17. The molecule has 0 unspecified atom stereocenters. The summed E-state index contributed by atoms with van der Waals surface area (Å²) in [5, 5.41) is 3.33. The maximum atomic E-state index is 9.98. The largest absolute Gasteiger partial charge is 0.379 e. The van der Waals surface area contributed by atoms with Crippen molar-refractivity contribution in [1.82, 2.24) is 0 Å². The summed E-state index contributed by atoms with van der Waals surface area (Å²) >= 11 is 0. The summed E-state index contributed by atoms with van der Waals surface area (Å²) in [5.41, 5.74) is 8.01. The third-order valence-corrected chi connectivity index (χ3v) is 1.89. The molecular formula is C11H21N3O5. The Kier molecular flexibility index (Phi) is 15.8. The zero-order valence-electron chi connectivity index (χ0n) is 11.0. The highest BCUT2D eigenvalue weighted by Crippen LogP contribution is 1.84. The lowest BCUT2D eigenvalue weighted by Gasteiger charge is -2.06. The molecule has 0 aliphatic rings. The van der Waals surface area contributed by atoms with E-state index in [-0.39, 0.29) is 0 Å². The van der Waals surface area contributed by atoms with Crippen molar-refractivity contribution in [2.24, 2.45) is 5.11 Å². The van der Waals surface area contributed by atoms with Gasteiger partial charge in [-0.15, -0.1) is 0 Å². The number of carbonyl (C=O) groups is 1. The molecule has 0 saturated heterocycles. The predicted molar refractivity (Wildman–Crippen MR) is 68.0 cm³/mol. The average molecular weight is 275 g/mol. The standard InChI is InChI=1S/C11H21N3O5/c12-14-13-2-5-17-7-9-19-11-10-18-8-6-16-4-1-3-15/h3H,1-2,4-11H2. The van der Waals surface area contributed by atoms with Gasteiger partial charge in [0.1, 0.15) is 6.29 Å². The van der Waals surface area contributed by atoms with Crippen LogP contribution in [0.25, 0.3) is 10.4 Å². The number of aldehydes is 1. The van der Waals surface area contributed by atoms with Crippen LogP contribution in [0.15, 0.2) is 5.11 Å². The highest BCUT2D eigenvalue weighted by Gasteiger charge is 1.92. The highest BCUT2D eigenvalue weighted by atomic mass is 16.6. The van der Waals surface area contributed by atoms with E-state index in [4.69, 9.17) is 24.5 Å². The third kappa shape index (κ3) is 16.8. The molecule has 0 spiro atoms. The summed E-state index contributed by atoms with van der Waals surface area (Å²) in [6.07, 6.45) is 1.24. The molecular weight excluding hydrogens is 254 g/mol. The second-order valence-corrected chi connectivity index (χ2v) is 3.36. The number of rotatable bonds is 15. The quantitative estimate of drug-likeness (QED) is 0.145. The Bertz CT molecular complexity index is 246. The summed E-state index contributed by atoms with van der Waals surface area (Å²) in [6, 6.07) is 0. The molecule has 110 valence electrons. The SMILES string of the molecule is [N-]=[N+]=NCCOCCOCCOCCOCCC=O. The minimum absolute atomic E-state index is 0.337. The first-order valence-corrected chi connectivity index (χ1v) is 6.17. The van der Waals surface area contributed by atoms with Crippen molar-refractivity contribution in [1.29, 1.82) is 0 Å². The minimum Gasteiger partial charge on any atom is -0.379 e. The summed E-state index contributed by atoms with van der Waals surface area (Å²) in [6.45, 7) is 4.10. The number of hydrogen-bond acceptors (Lipinski definition) is 6. The van der Waals surface area contributed by atoms with Gasteiger partial charge in [-0.2, -0.15) is 0 Å². The van der Waals surface area contributed by atoms with Gasteiger partial charge in [-0.1, -0.05) is 5.11 Å². The van der Waals surface area contributed by atoms with Crippen molar-refractivity contribution in [2.45, 2.75) is 6.42 Å². The predicted octanol–water partition coefficient (Wildman–Crippen LogP) is 0.952. The van der Waals surface area contributed by atoms with Crippen molar-refractivity contribution in [2.75, 3.05) is 59.4 Å². The van der Waals surface area contributed by atoms with Crippen LogP contribution in [0.3, 0.4) is 0 Å². The van der Waals surface area contributed by atoms with Crippen molar-refractivity contribution >= 4 is 6.29 Å². The molecule has 0 N–H and O–H groups in total. The van der Waals surface area contributed by atoms with E-state index >= 15 is 0 Å². The maximum Gasteiger partial charge on any atom is 0.122 e. The Hall–Kier alpha value is -1.18. The fourth-order valence-electron chi connectivity index (χ4n) is 1.04. The summed E-state index contributed by atoms with van der Waals surface area (Å²) in [5.74, 6) is 0. The number of hydrogen-bond donors (Lipinski definition) is 0. The smallest absolute Gasteiger partial charge is 0.122 e. The highest BCUT2D eigenvalue weighted by molar-refractivity contribution is 5.49. The van der Waals surface area contributed by atoms with Crippen molar-refractivity contribution in [3.8, 4) is 0 Å². The lowest BCUT2D eigenvalue weighted by Crippen LogP contribution is -2.12. The lowest BCUT2D eigenvalue weighted by molar-refractivity contribution is -0.108. The Morgan fingerprint density at radius 3 is 1.79 bits per heavy atom. The van der Waals surface area contributed by atoms with Gasteiger partial charge >= 0.3 is 0 Å². The molecule has 0 bridgehead atoms. The van der Waals surface area contributed by atoms with Gasteiger partial charge in [0, 0.05) is 17.9 Å². The Morgan fingerprint density at radius 2 is 1.32 bits per heavy atom. The second kappa shape index (κ2) is 16.8. The average Bonchev–Trinajstić information content (AvgIpc) is 2.43. The fraction of sp³-hybridized carbons (Fsp3) is 0.909. The van der Waals surface area contributed by atoms with E-state index in [1.165, 1.54) is 0 Å². The molecule has 0 saturated carbocycles. The van der Waals surface area contributed by atoms with E-state index in [9.17, 15) is 4.79 Å².